The van der Waals surface area contributed by atoms with E-state index in [1.54, 1.807) is 36.6 Å². The quantitative estimate of drug-likeness (QED) is 0.408. The number of hydrogen-bond donors (Lipinski definition) is 3. The van der Waals surface area contributed by atoms with E-state index in [0.29, 0.717) is 22.6 Å². The molecule has 3 rings (SSSR count). The van der Waals surface area contributed by atoms with Crippen LogP contribution in [0.1, 0.15) is 34.2 Å². The zero-order chi connectivity index (χ0) is 25.9. The van der Waals surface area contributed by atoms with Crippen LogP contribution in [-0.4, -0.2) is 43.0 Å². The molecule has 0 aliphatic heterocycles. The molecule has 0 fully saturated rings. The van der Waals surface area contributed by atoms with Crippen LogP contribution >= 0.6 is 0 Å². The van der Waals surface area contributed by atoms with Gasteiger partial charge in [0.05, 0.1) is 22.3 Å². The average molecular weight is 508 g/mol. The number of alkyl halides is 2. The Bertz CT molecular complexity index is 1320. The molecule has 35 heavy (non-hydrogen) atoms. The number of aliphatic hydroxyl groups excluding tert-OH is 1. The lowest BCUT2D eigenvalue weighted by Gasteiger charge is -2.18. The number of benzene rings is 2. The summed E-state index contributed by atoms with van der Waals surface area (Å²) in [7, 11) is -3.38. The van der Waals surface area contributed by atoms with Crippen molar-refractivity contribution in [3.8, 4) is 11.4 Å². The number of anilines is 1. The molecule has 2 aromatic carbocycles. The number of hydrogen-bond acceptors (Lipinski definition) is 6. The van der Waals surface area contributed by atoms with E-state index in [9.17, 15) is 27.1 Å². The number of nitrogens with zero attached hydrogens (tertiary/aromatic N) is 1. The normalized spacial score (nSPS) is 12.6. The monoisotopic (exact) mass is 507 g/mol. The van der Waals surface area contributed by atoms with Crippen LogP contribution in [0.5, 0.6) is 5.75 Å². The van der Waals surface area contributed by atoms with Crippen LogP contribution in [0, 0.1) is 6.92 Å². The van der Waals surface area contributed by atoms with E-state index in [-0.39, 0.29) is 34.9 Å². The van der Waals surface area contributed by atoms with Gasteiger partial charge in [-0.3, -0.25) is 4.79 Å². The topological polar surface area (TPSA) is 124 Å². The van der Waals surface area contributed by atoms with Crippen molar-refractivity contribution in [2.45, 2.75) is 44.4 Å². The van der Waals surface area contributed by atoms with Crippen LogP contribution in [0.25, 0.3) is 5.69 Å². The molecule has 0 unspecified atom stereocenters. The highest BCUT2D eigenvalue weighted by molar-refractivity contribution is 7.90. The zero-order valence-electron chi connectivity index (χ0n) is 19.5. The number of aliphatic hydroxyl groups is 1. The maximum absolute atomic E-state index is 13.1. The van der Waals surface area contributed by atoms with Crippen molar-refractivity contribution in [1.82, 2.24) is 4.57 Å². The first-order chi connectivity index (χ1) is 16.4. The molecule has 0 radical (unpaired) electrons. The van der Waals surface area contributed by atoms with E-state index in [1.165, 1.54) is 30.3 Å². The molecule has 11 heteroatoms. The van der Waals surface area contributed by atoms with Gasteiger partial charge in [0.1, 0.15) is 5.75 Å². The van der Waals surface area contributed by atoms with E-state index in [1.807, 2.05) is 0 Å². The number of aromatic nitrogens is 1. The highest BCUT2D eigenvalue weighted by atomic mass is 32.2. The molecule has 3 aromatic rings. The fourth-order valence-electron chi connectivity index (χ4n) is 3.73. The standard InChI is InChI=1S/C24H27F2N3O5S/c1-14(30)10-18-12-20(23(31)28-17-5-7-19(8-6-17)35(3,32)33)15(2)29(18)21-9-4-16(13-27)11-22(21)34-24(25)26/h4-9,11-12,14,24,30H,10,13,27H2,1-3H3,(H,28,31)/t14-/m0/s1. The van der Waals surface area contributed by atoms with Gasteiger partial charge in [-0.15, -0.1) is 0 Å². The Morgan fingerprint density at radius 2 is 1.83 bits per heavy atom. The lowest BCUT2D eigenvalue weighted by Crippen LogP contribution is -2.14. The first-order valence-corrected chi connectivity index (χ1v) is 12.6. The Morgan fingerprint density at radius 3 is 2.37 bits per heavy atom. The van der Waals surface area contributed by atoms with Gasteiger partial charge in [-0.1, -0.05) is 6.07 Å². The molecular formula is C24H27F2N3O5S. The zero-order valence-corrected chi connectivity index (χ0v) is 20.3. The number of sulfone groups is 1. The largest absolute Gasteiger partial charge is 0.433 e. The number of halogens is 2. The second kappa shape index (κ2) is 10.5. The van der Waals surface area contributed by atoms with E-state index in [2.05, 4.69) is 5.32 Å². The Hall–Kier alpha value is -3.28. The minimum Gasteiger partial charge on any atom is -0.433 e. The summed E-state index contributed by atoms with van der Waals surface area (Å²) in [6.45, 7) is 0.271. The lowest BCUT2D eigenvalue weighted by molar-refractivity contribution is -0.0499. The second-order valence-corrected chi connectivity index (χ2v) is 10.2. The van der Waals surface area contributed by atoms with Crippen molar-refractivity contribution in [2.24, 2.45) is 5.73 Å². The van der Waals surface area contributed by atoms with Crippen molar-refractivity contribution in [3.05, 3.63) is 71.0 Å². The first kappa shape index (κ1) is 26.3. The van der Waals surface area contributed by atoms with E-state index in [4.69, 9.17) is 10.5 Å². The maximum atomic E-state index is 13.1. The minimum absolute atomic E-state index is 0.114. The van der Waals surface area contributed by atoms with Gasteiger partial charge in [-0.25, -0.2) is 8.42 Å². The van der Waals surface area contributed by atoms with Crippen molar-refractivity contribution in [1.29, 1.82) is 0 Å². The number of carbonyl (C=O) groups excluding carboxylic acids is 1. The number of rotatable bonds is 9. The molecule has 0 aliphatic carbocycles. The van der Waals surface area contributed by atoms with Gasteiger partial charge in [0.15, 0.2) is 9.84 Å². The van der Waals surface area contributed by atoms with Gasteiger partial charge >= 0.3 is 6.61 Å². The molecule has 8 nitrogen and oxygen atoms in total. The summed E-state index contributed by atoms with van der Waals surface area (Å²) in [6.07, 6.45) is 0.456. The third-order valence-corrected chi connectivity index (χ3v) is 6.46. The van der Waals surface area contributed by atoms with Gasteiger partial charge < -0.3 is 25.5 Å². The number of ether oxygens (including phenoxy) is 1. The minimum atomic E-state index is -3.38. The summed E-state index contributed by atoms with van der Waals surface area (Å²) in [5, 5.41) is 12.7. The van der Waals surface area contributed by atoms with Crippen molar-refractivity contribution >= 4 is 21.4 Å². The predicted molar refractivity (Wildman–Crippen MR) is 128 cm³/mol. The molecule has 0 aliphatic rings. The van der Waals surface area contributed by atoms with E-state index < -0.39 is 28.5 Å². The van der Waals surface area contributed by atoms with Crippen molar-refractivity contribution < 1.29 is 31.8 Å². The molecule has 1 atom stereocenters. The Kier molecular flexibility index (Phi) is 7.93. The van der Waals surface area contributed by atoms with Crippen molar-refractivity contribution in [2.75, 3.05) is 11.6 Å². The number of nitrogens with one attached hydrogen (secondary N) is 1. The van der Waals surface area contributed by atoms with Crippen LogP contribution in [0.15, 0.2) is 53.4 Å². The summed E-state index contributed by atoms with van der Waals surface area (Å²) >= 11 is 0. The molecule has 0 saturated carbocycles. The van der Waals surface area contributed by atoms with Gasteiger partial charge in [-0.2, -0.15) is 8.78 Å². The summed E-state index contributed by atoms with van der Waals surface area (Å²) < 4.78 is 55.9. The molecule has 0 spiro atoms. The average Bonchev–Trinajstić information content (AvgIpc) is 3.08. The third kappa shape index (κ3) is 6.24. The smallest absolute Gasteiger partial charge is 0.387 e. The van der Waals surface area contributed by atoms with Gasteiger partial charge in [0.25, 0.3) is 5.91 Å². The fraction of sp³-hybridized carbons (Fsp3) is 0.292. The molecule has 1 heterocycles. The van der Waals surface area contributed by atoms with Gasteiger partial charge in [-0.05, 0) is 61.9 Å². The third-order valence-electron chi connectivity index (χ3n) is 5.33. The van der Waals surface area contributed by atoms with Crippen LogP contribution in [0.4, 0.5) is 14.5 Å². The molecule has 0 saturated heterocycles. The number of carbonyl (C=O) groups is 1. The van der Waals surface area contributed by atoms with E-state index >= 15 is 0 Å². The summed E-state index contributed by atoms with van der Waals surface area (Å²) in [5.41, 5.74) is 8.07. The number of nitrogens with two attached hydrogens (primary N) is 1. The van der Waals surface area contributed by atoms with Crippen LogP contribution in [0.2, 0.25) is 0 Å². The van der Waals surface area contributed by atoms with Crippen molar-refractivity contribution in [3.63, 3.8) is 0 Å². The summed E-state index contributed by atoms with van der Waals surface area (Å²) in [5.74, 6) is -0.605. The molecule has 1 amide bonds. The highest BCUT2D eigenvalue weighted by Crippen LogP contribution is 2.32. The lowest BCUT2D eigenvalue weighted by atomic mass is 10.1. The molecule has 1 aromatic heterocycles. The second-order valence-electron chi connectivity index (χ2n) is 8.16. The summed E-state index contributed by atoms with van der Waals surface area (Å²) in [6, 6.07) is 11.9. The first-order valence-electron chi connectivity index (χ1n) is 10.7. The molecule has 0 bridgehead atoms. The maximum Gasteiger partial charge on any atom is 0.387 e. The Labute approximate surface area is 202 Å². The molecule has 4 N–H and O–H groups in total. The summed E-state index contributed by atoms with van der Waals surface area (Å²) in [4.78, 5) is 13.2. The fourth-order valence-corrected chi connectivity index (χ4v) is 4.36. The van der Waals surface area contributed by atoms with Gasteiger partial charge in [0, 0.05) is 36.3 Å². The molecular weight excluding hydrogens is 480 g/mol. The number of amides is 1. The predicted octanol–water partition coefficient (Wildman–Crippen LogP) is 3.42. The Morgan fingerprint density at radius 1 is 1.17 bits per heavy atom. The SMILES string of the molecule is Cc1c(C(=O)Nc2ccc(S(C)(=O)=O)cc2)cc(C[C@H](C)O)n1-c1ccc(CN)cc1OC(F)F. The van der Waals surface area contributed by atoms with E-state index in [0.717, 1.165) is 6.26 Å². The van der Waals surface area contributed by atoms with Crippen LogP contribution in [0.3, 0.4) is 0 Å². The highest BCUT2D eigenvalue weighted by Gasteiger charge is 2.23. The van der Waals surface area contributed by atoms with Crippen LogP contribution in [-0.2, 0) is 22.8 Å². The Balaban J connectivity index is 2.05. The van der Waals surface area contributed by atoms with Crippen LogP contribution < -0.4 is 15.8 Å². The van der Waals surface area contributed by atoms with Gasteiger partial charge in [0.2, 0.25) is 0 Å². The molecule has 188 valence electrons.